The number of aromatic nitrogens is 2. The van der Waals surface area contributed by atoms with Gasteiger partial charge in [0.05, 0.1) is 6.54 Å². The molecule has 29 heavy (non-hydrogen) atoms. The summed E-state index contributed by atoms with van der Waals surface area (Å²) in [7, 11) is 1.59. The highest BCUT2D eigenvalue weighted by molar-refractivity contribution is 5.79. The number of ether oxygens (including phenoxy) is 1. The van der Waals surface area contributed by atoms with Crippen LogP contribution in [0, 0.1) is 5.82 Å². The maximum Gasteiger partial charge on any atom is 0.433 e. The molecule has 0 amide bonds. The molecule has 0 aliphatic heterocycles. The first-order valence-electron chi connectivity index (χ1n) is 8.79. The van der Waals surface area contributed by atoms with E-state index in [1.807, 2.05) is 6.92 Å². The maximum atomic E-state index is 12.9. The van der Waals surface area contributed by atoms with Crippen LogP contribution in [0.3, 0.4) is 0 Å². The topological polar surface area (TPSA) is 83.5 Å². The second-order valence-corrected chi connectivity index (χ2v) is 5.95. The lowest BCUT2D eigenvalue weighted by Gasteiger charge is -2.18. The third-order valence-electron chi connectivity index (χ3n) is 3.58. The zero-order valence-electron chi connectivity index (χ0n) is 15.9. The molecule has 0 saturated heterocycles. The Bertz CT molecular complexity index is 798. The first-order valence-corrected chi connectivity index (χ1v) is 8.79. The van der Waals surface area contributed by atoms with Crippen LogP contribution < -0.4 is 20.7 Å². The van der Waals surface area contributed by atoms with Gasteiger partial charge in [0.15, 0.2) is 5.96 Å². The van der Waals surface area contributed by atoms with Crippen molar-refractivity contribution < 1.29 is 22.3 Å². The number of anilines is 1. The van der Waals surface area contributed by atoms with Gasteiger partial charge in [-0.05, 0) is 37.3 Å². The molecule has 0 spiro atoms. The molecule has 0 fully saturated rings. The van der Waals surface area contributed by atoms with Gasteiger partial charge in [-0.1, -0.05) is 0 Å². The monoisotopic (exact) mass is 414 g/mol. The third-order valence-corrected chi connectivity index (χ3v) is 3.58. The van der Waals surface area contributed by atoms with Gasteiger partial charge in [-0.2, -0.15) is 13.2 Å². The van der Waals surface area contributed by atoms with Crippen LogP contribution >= 0.6 is 0 Å². The summed E-state index contributed by atoms with van der Waals surface area (Å²) in [5, 5.41) is 8.78. The van der Waals surface area contributed by atoms with E-state index in [-0.39, 0.29) is 24.4 Å². The van der Waals surface area contributed by atoms with Crippen molar-refractivity contribution >= 4 is 11.9 Å². The Morgan fingerprint density at radius 2 is 1.86 bits per heavy atom. The van der Waals surface area contributed by atoms with E-state index >= 15 is 0 Å². The second-order valence-electron chi connectivity index (χ2n) is 5.95. The zero-order chi connectivity index (χ0) is 21.3. The van der Waals surface area contributed by atoms with E-state index in [9.17, 15) is 17.6 Å². The summed E-state index contributed by atoms with van der Waals surface area (Å²) >= 11 is 0. The van der Waals surface area contributed by atoms with Gasteiger partial charge in [-0.25, -0.2) is 14.4 Å². The highest BCUT2D eigenvalue weighted by atomic mass is 19.4. The number of hydrogen-bond acceptors (Lipinski definition) is 5. The lowest BCUT2D eigenvalue weighted by Crippen LogP contribution is -2.43. The molecule has 0 aliphatic rings. The first-order chi connectivity index (χ1) is 13.8. The predicted octanol–water partition coefficient (Wildman–Crippen LogP) is 2.68. The van der Waals surface area contributed by atoms with Crippen molar-refractivity contribution in [2.75, 3.05) is 32.0 Å². The normalized spacial score (nSPS) is 13.0. The molecule has 158 valence electrons. The smallest absolute Gasteiger partial charge is 0.433 e. The van der Waals surface area contributed by atoms with E-state index in [4.69, 9.17) is 4.74 Å². The van der Waals surface area contributed by atoms with E-state index in [0.29, 0.717) is 24.8 Å². The molecular formula is C18H22F4N6O. The van der Waals surface area contributed by atoms with E-state index in [1.165, 1.54) is 12.1 Å². The average Bonchev–Trinajstić information content (AvgIpc) is 2.69. The fraction of sp³-hybridized carbons (Fsp3) is 0.389. The molecule has 1 aromatic heterocycles. The molecular weight excluding hydrogens is 392 g/mol. The fourth-order valence-corrected chi connectivity index (χ4v) is 2.21. The SMILES string of the molecule is CN=C(NCCNc1nccc(C(F)(F)F)n1)NCC(C)Oc1ccc(F)cc1. The van der Waals surface area contributed by atoms with Gasteiger partial charge in [0.25, 0.3) is 0 Å². The number of guanidine groups is 1. The van der Waals surface area contributed by atoms with Gasteiger partial charge in [0, 0.05) is 26.3 Å². The molecule has 0 bridgehead atoms. The highest BCUT2D eigenvalue weighted by Gasteiger charge is 2.32. The van der Waals surface area contributed by atoms with E-state index in [1.54, 1.807) is 19.2 Å². The van der Waals surface area contributed by atoms with Crippen LogP contribution in [0.4, 0.5) is 23.5 Å². The number of aliphatic imine (C=N–C) groups is 1. The molecule has 11 heteroatoms. The fourth-order valence-electron chi connectivity index (χ4n) is 2.21. The molecule has 3 N–H and O–H groups in total. The summed E-state index contributed by atoms with van der Waals surface area (Å²) in [6.45, 7) is 2.92. The number of hydrogen-bond donors (Lipinski definition) is 3. The Hall–Kier alpha value is -3.11. The Morgan fingerprint density at radius 3 is 2.52 bits per heavy atom. The summed E-state index contributed by atoms with van der Waals surface area (Å²) < 4.78 is 56.4. The second kappa shape index (κ2) is 10.4. The number of halogens is 4. The summed E-state index contributed by atoms with van der Waals surface area (Å²) in [6, 6.07) is 6.53. The standard InChI is InChI=1S/C18H22F4N6O/c1-12(29-14-5-3-13(19)4-6-14)11-27-16(23-2)25-9-10-26-17-24-8-7-15(28-17)18(20,21)22/h3-8,12H,9-11H2,1-2H3,(H2,23,25,27)(H,24,26,28). The largest absolute Gasteiger partial charge is 0.489 e. The minimum absolute atomic E-state index is 0.106. The lowest BCUT2D eigenvalue weighted by molar-refractivity contribution is -0.141. The number of nitrogens with one attached hydrogen (secondary N) is 3. The van der Waals surface area contributed by atoms with Gasteiger partial charge >= 0.3 is 6.18 Å². The quantitative estimate of drug-likeness (QED) is 0.267. The van der Waals surface area contributed by atoms with Crippen molar-refractivity contribution in [2.45, 2.75) is 19.2 Å². The number of nitrogens with zero attached hydrogens (tertiary/aromatic N) is 3. The van der Waals surface area contributed by atoms with Crippen molar-refractivity contribution in [2.24, 2.45) is 4.99 Å². The summed E-state index contributed by atoms with van der Waals surface area (Å²) in [4.78, 5) is 11.2. The molecule has 1 aromatic carbocycles. The van der Waals surface area contributed by atoms with Crippen LogP contribution in [0.15, 0.2) is 41.5 Å². The van der Waals surface area contributed by atoms with Gasteiger partial charge in [0.1, 0.15) is 23.4 Å². The molecule has 1 heterocycles. The summed E-state index contributed by atoms with van der Waals surface area (Å²) in [5.41, 5.74) is -1.00. The van der Waals surface area contributed by atoms with Crippen LogP contribution in [0.2, 0.25) is 0 Å². The molecule has 7 nitrogen and oxygen atoms in total. The van der Waals surface area contributed by atoms with Gasteiger partial charge in [0.2, 0.25) is 5.95 Å². The number of rotatable bonds is 8. The van der Waals surface area contributed by atoms with E-state index in [0.717, 1.165) is 12.3 Å². The van der Waals surface area contributed by atoms with Crippen LogP contribution in [0.1, 0.15) is 12.6 Å². The number of benzene rings is 1. The van der Waals surface area contributed by atoms with Gasteiger partial charge in [-0.3, -0.25) is 4.99 Å². The molecule has 0 saturated carbocycles. The summed E-state index contributed by atoms with van der Waals surface area (Å²) in [6.07, 6.45) is -3.68. The van der Waals surface area contributed by atoms with Crippen LogP contribution in [-0.2, 0) is 6.18 Å². The van der Waals surface area contributed by atoms with Crippen molar-refractivity contribution in [3.63, 3.8) is 0 Å². The highest BCUT2D eigenvalue weighted by Crippen LogP contribution is 2.27. The zero-order valence-corrected chi connectivity index (χ0v) is 15.9. The van der Waals surface area contributed by atoms with Gasteiger partial charge < -0.3 is 20.7 Å². The minimum Gasteiger partial charge on any atom is -0.489 e. The molecule has 0 radical (unpaired) electrons. The van der Waals surface area contributed by atoms with Crippen molar-refractivity contribution in [3.8, 4) is 5.75 Å². The molecule has 1 unspecified atom stereocenters. The summed E-state index contributed by atoms with van der Waals surface area (Å²) in [5.74, 6) is 0.600. The Balaban J connectivity index is 1.70. The van der Waals surface area contributed by atoms with Crippen LogP contribution in [0.5, 0.6) is 5.75 Å². The van der Waals surface area contributed by atoms with Crippen molar-refractivity contribution in [3.05, 3.63) is 48.0 Å². The van der Waals surface area contributed by atoms with Crippen LogP contribution in [-0.4, -0.2) is 48.7 Å². The molecule has 2 aromatic rings. The van der Waals surface area contributed by atoms with Crippen molar-refractivity contribution in [1.82, 2.24) is 20.6 Å². The lowest BCUT2D eigenvalue weighted by atomic mass is 10.3. The van der Waals surface area contributed by atoms with Gasteiger partial charge in [-0.15, -0.1) is 0 Å². The molecule has 0 aliphatic carbocycles. The number of alkyl halides is 3. The third kappa shape index (κ3) is 7.80. The maximum absolute atomic E-state index is 12.9. The molecule has 1 atom stereocenters. The van der Waals surface area contributed by atoms with E-state index < -0.39 is 11.9 Å². The average molecular weight is 414 g/mol. The van der Waals surface area contributed by atoms with E-state index in [2.05, 4.69) is 30.9 Å². The van der Waals surface area contributed by atoms with Crippen molar-refractivity contribution in [1.29, 1.82) is 0 Å². The Morgan fingerprint density at radius 1 is 1.14 bits per heavy atom. The first kappa shape index (κ1) is 22.2. The van der Waals surface area contributed by atoms with Crippen LogP contribution in [0.25, 0.3) is 0 Å². The molecule has 2 rings (SSSR count). The minimum atomic E-state index is -4.52. The Labute approximate surface area is 165 Å². The Kier molecular flexibility index (Phi) is 7.98. The predicted molar refractivity (Wildman–Crippen MR) is 101 cm³/mol.